The van der Waals surface area contributed by atoms with Gasteiger partial charge in [0.2, 0.25) is 23.2 Å². The number of hydrogen-bond donors (Lipinski definition) is 13. The van der Waals surface area contributed by atoms with E-state index < -0.39 is 168 Å². The van der Waals surface area contributed by atoms with Crippen molar-refractivity contribution in [1.29, 1.82) is 0 Å². The summed E-state index contributed by atoms with van der Waals surface area (Å²) in [6.07, 6.45) is -21.0. The molecule has 3 saturated heterocycles. The van der Waals surface area contributed by atoms with Gasteiger partial charge in [0.25, 0.3) is 0 Å². The Labute approximate surface area is 382 Å². The number of esters is 1. The van der Waals surface area contributed by atoms with Gasteiger partial charge in [-0.25, -0.2) is 4.79 Å². The van der Waals surface area contributed by atoms with Crippen LogP contribution in [-0.4, -0.2) is 192 Å². The number of hydrogen-bond acceptors (Lipinski definition) is 25. The van der Waals surface area contributed by atoms with Gasteiger partial charge in [0, 0.05) is 17.7 Å². The zero-order valence-corrected chi connectivity index (χ0v) is 35.7. The SMILES string of the molecule is COc1cc(/C=C/C(=O)OC2[C@H](OCC3O[C@@H](Oc4c(-c5ccc(O)c(O)c5)oc5cc(O)c(OC)c(O)c5c4=O)C(O[C@@H]4OCC(O)(CO)[C@@H]4O)[C@@H](O)[C@@H]3O)OC(CO)[C@@H](O)[C@@H]2O)ccc1O. The predicted molar refractivity (Wildman–Crippen MR) is 222 cm³/mol. The Kier molecular flexibility index (Phi) is 14.9. The average Bonchev–Trinajstić information content (AvgIpc) is 3.60. The molecule has 5 unspecified atom stereocenters. The molecule has 3 fully saturated rings. The van der Waals surface area contributed by atoms with Crippen LogP contribution in [0.5, 0.6) is 46.0 Å². The summed E-state index contributed by atoms with van der Waals surface area (Å²) in [6, 6.07) is 8.17. The summed E-state index contributed by atoms with van der Waals surface area (Å²) < 4.78 is 56.1. The molecule has 370 valence electrons. The highest BCUT2D eigenvalue weighted by molar-refractivity contribution is 5.91. The molecule has 0 aliphatic carbocycles. The number of ether oxygens (including phenoxy) is 9. The standard InChI is InChI=1S/C43H48O25/c1-59-22-9-16(3-6-19(22)47)4-8-26(50)66-37-32(55)28(51)24(12-44)64-40(37)61-13-25-29(52)33(56)38(68-42-39(57)43(58,14-45)15-62-42)41(65-25)67-36-31(54)27-23(11-21(49)35(60-2)30(27)53)63-34(36)17-5-7-18(46)20(48)10-17/h3-11,24-25,28-29,32-33,37-42,44-49,51-53,55-58H,12-15H2,1-2H3/b8-4+/t24?,25?,28-,29-,32+,33+,37?,38?,39-,40-,41+,42+,43?/m1/s1. The summed E-state index contributed by atoms with van der Waals surface area (Å²) in [5, 5.41) is 137. The van der Waals surface area contributed by atoms with Crippen molar-refractivity contribution in [2.75, 3.05) is 40.6 Å². The lowest BCUT2D eigenvalue weighted by Crippen LogP contribution is -2.64. The van der Waals surface area contributed by atoms with Gasteiger partial charge in [0.05, 0.1) is 40.6 Å². The largest absolute Gasteiger partial charge is 0.504 e. The second kappa shape index (κ2) is 20.3. The van der Waals surface area contributed by atoms with E-state index >= 15 is 0 Å². The van der Waals surface area contributed by atoms with Crippen LogP contribution < -0.4 is 19.6 Å². The molecule has 25 nitrogen and oxygen atoms in total. The predicted octanol–water partition coefficient (Wildman–Crippen LogP) is -2.26. The topological polar surface area (TPSA) is 393 Å². The highest BCUT2D eigenvalue weighted by Gasteiger charge is 2.55. The third-order valence-electron chi connectivity index (χ3n) is 11.4. The molecule has 0 saturated carbocycles. The minimum atomic E-state index is -2.27. The number of rotatable bonds is 15. The summed E-state index contributed by atoms with van der Waals surface area (Å²) in [6.45, 7) is -3.48. The van der Waals surface area contributed by atoms with Gasteiger partial charge >= 0.3 is 5.97 Å². The van der Waals surface area contributed by atoms with Crippen molar-refractivity contribution >= 4 is 23.0 Å². The number of carbonyl (C=O) groups is 1. The molecule has 3 aromatic carbocycles. The number of carbonyl (C=O) groups excluding carboxylic acids is 1. The third kappa shape index (κ3) is 9.65. The fourth-order valence-electron chi connectivity index (χ4n) is 7.55. The maximum atomic E-state index is 14.4. The van der Waals surface area contributed by atoms with E-state index in [1.807, 2.05) is 0 Å². The lowest BCUT2D eigenvalue weighted by molar-refractivity contribution is -0.338. The zero-order chi connectivity index (χ0) is 49.4. The zero-order valence-electron chi connectivity index (χ0n) is 35.7. The smallest absolute Gasteiger partial charge is 0.331 e. The Bertz CT molecular complexity index is 2550. The summed E-state index contributed by atoms with van der Waals surface area (Å²) >= 11 is 0. The monoisotopic (exact) mass is 964 g/mol. The Balaban J connectivity index is 1.23. The molecule has 13 atom stereocenters. The third-order valence-corrected chi connectivity index (χ3v) is 11.4. The summed E-state index contributed by atoms with van der Waals surface area (Å²) in [5.74, 6) is -6.12. The van der Waals surface area contributed by atoms with Crippen molar-refractivity contribution in [3.05, 3.63) is 64.3 Å². The minimum absolute atomic E-state index is 0.0873. The number of fused-ring (bicyclic) bond motifs is 1. The van der Waals surface area contributed by atoms with Crippen LogP contribution in [0.1, 0.15) is 5.56 Å². The highest BCUT2D eigenvalue weighted by atomic mass is 16.8. The van der Waals surface area contributed by atoms with Crippen molar-refractivity contribution in [3.63, 3.8) is 0 Å². The van der Waals surface area contributed by atoms with Crippen LogP contribution >= 0.6 is 0 Å². The van der Waals surface area contributed by atoms with Gasteiger partial charge < -0.3 is 113 Å². The van der Waals surface area contributed by atoms with E-state index in [1.54, 1.807) is 0 Å². The van der Waals surface area contributed by atoms with E-state index in [1.165, 1.54) is 31.4 Å². The van der Waals surface area contributed by atoms with E-state index in [0.717, 1.165) is 37.5 Å². The molecule has 3 aliphatic rings. The van der Waals surface area contributed by atoms with Crippen molar-refractivity contribution in [2.45, 2.75) is 79.4 Å². The quantitative estimate of drug-likeness (QED) is 0.0340. The summed E-state index contributed by atoms with van der Waals surface area (Å²) in [4.78, 5) is 27.5. The molecule has 25 heteroatoms. The van der Waals surface area contributed by atoms with Crippen molar-refractivity contribution < 1.29 is 118 Å². The number of phenolic OH excluding ortho intramolecular Hbond substituents is 5. The van der Waals surface area contributed by atoms with Crippen LogP contribution in [0.15, 0.2) is 57.8 Å². The Morgan fingerprint density at radius 1 is 0.779 bits per heavy atom. The molecule has 4 aromatic rings. The first kappa shape index (κ1) is 49.9. The molecule has 0 radical (unpaired) electrons. The average molecular weight is 965 g/mol. The maximum absolute atomic E-state index is 14.4. The molecule has 7 rings (SSSR count). The summed E-state index contributed by atoms with van der Waals surface area (Å²) in [5.41, 5.74) is -3.75. The van der Waals surface area contributed by atoms with Crippen molar-refractivity contribution in [2.24, 2.45) is 0 Å². The van der Waals surface area contributed by atoms with E-state index in [2.05, 4.69) is 0 Å². The molecular weight excluding hydrogens is 916 g/mol. The lowest BCUT2D eigenvalue weighted by atomic mass is 9.97. The van der Waals surface area contributed by atoms with Crippen LogP contribution in [-0.2, 0) is 33.2 Å². The molecular formula is C43H48O25. The molecule has 13 N–H and O–H groups in total. The summed E-state index contributed by atoms with van der Waals surface area (Å²) in [7, 11) is 2.38. The number of benzene rings is 3. The first-order valence-electron chi connectivity index (χ1n) is 20.4. The van der Waals surface area contributed by atoms with Gasteiger partial charge in [-0.2, -0.15) is 0 Å². The van der Waals surface area contributed by atoms with Gasteiger partial charge in [-0.1, -0.05) is 6.07 Å². The maximum Gasteiger partial charge on any atom is 0.331 e. The normalized spacial score (nSPS) is 30.7. The number of aromatic hydroxyl groups is 5. The van der Waals surface area contributed by atoms with E-state index in [9.17, 15) is 76.0 Å². The first-order valence-corrected chi connectivity index (χ1v) is 20.4. The van der Waals surface area contributed by atoms with Crippen LogP contribution in [0.3, 0.4) is 0 Å². The molecule has 68 heavy (non-hydrogen) atoms. The second-order valence-corrected chi connectivity index (χ2v) is 15.8. The van der Waals surface area contributed by atoms with Crippen molar-refractivity contribution in [1.82, 2.24) is 0 Å². The fourth-order valence-corrected chi connectivity index (χ4v) is 7.55. The van der Waals surface area contributed by atoms with Crippen LogP contribution in [0.25, 0.3) is 28.4 Å². The van der Waals surface area contributed by atoms with Crippen LogP contribution in [0.4, 0.5) is 0 Å². The minimum Gasteiger partial charge on any atom is -0.504 e. The Morgan fingerprint density at radius 3 is 2.13 bits per heavy atom. The fraction of sp³-hybridized carbons (Fsp3) is 0.442. The van der Waals surface area contributed by atoms with Gasteiger partial charge in [-0.3, -0.25) is 4.79 Å². The number of aliphatic hydroxyl groups excluding tert-OH is 7. The Morgan fingerprint density at radius 2 is 1.47 bits per heavy atom. The number of phenols is 5. The van der Waals surface area contributed by atoms with E-state index in [4.69, 9.17) is 47.0 Å². The molecule has 3 aliphatic heterocycles. The second-order valence-electron chi connectivity index (χ2n) is 15.8. The Hall–Kier alpha value is -6.04. The number of aliphatic hydroxyl groups is 8. The molecule has 0 bridgehead atoms. The number of methoxy groups -OCH3 is 2. The lowest BCUT2D eigenvalue weighted by Gasteiger charge is -2.44. The van der Waals surface area contributed by atoms with Gasteiger partial charge in [0.1, 0.15) is 59.3 Å². The molecule has 4 heterocycles. The molecule has 0 spiro atoms. The van der Waals surface area contributed by atoms with Crippen LogP contribution in [0, 0.1) is 0 Å². The van der Waals surface area contributed by atoms with E-state index in [0.29, 0.717) is 5.56 Å². The van der Waals surface area contributed by atoms with Crippen molar-refractivity contribution in [3.8, 4) is 57.3 Å². The van der Waals surface area contributed by atoms with Gasteiger partial charge in [0.15, 0.2) is 65.0 Å². The molecule has 1 aromatic heterocycles. The van der Waals surface area contributed by atoms with Gasteiger partial charge in [-0.15, -0.1) is 0 Å². The molecule has 0 amide bonds. The van der Waals surface area contributed by atoms with Crippen LogP contribution in [0.2, 0.25) is 0 Å². The first-order chi connectivity index (χ1) is 32.3. The van der Waals surface area contributed by atoms with Gasteiger partial charge in [-0.05, 0) is 42.0 Å². The highest BCUT2D eigenvalue weighted by Crippen LogP contribution is 2.45. The van der Waals surface area contributed by atoms with E-state index in [-0.39, 0.29) is 17.1 Å².